The fourth-order valence-electron chi connectivity index (χ4n) is 1.66. The van der Waals surface area contributed by atoms with Gasteiger partial charge in [-0.3, -0.25) is 4.79 Å². The Morgan fingerprint density at radius 3 is 2.56 bits per heavy atom. The van der Waals surface area contributed by atoms with Gasteiger partial charge in [-0.15, -0.1) is 6.58 Å². The Morgan fingerprint density at radius 1 is 1.56 bits per heavy atom. The summed E-state index contributed by atoms with van der Waals surface area (Å²) in [7, 11) is 4.04. The Morgan fingerprint density at radius 2 is 2.12 bits per heavy atom. The fourth-order valence-corrected chi connectivity index (χ4v) is 1.66. The Labute approximate surface area is 98.9 Å². The Balaban J connectivity index is 4.03. The zero-order valence-corrected chi connectivity index (χ0v) is 10.9. The molecule has 0 spiro atoms. The SMILES string of the molecule is C=CCC(N)C(=O)NCC(C)(C)CN(C)C. The van der Waals surface area contributed by atoms with Crippen molar-refractivity contribution in [3.05, 3.63) is 12.7 Å². The van der Waals surface area contributed by atoms with Crippen LogP contribution in [0.1, 0.15) is 20.3 Å². The molecular weight excluding hydrogens is 202 g/mol. The van der Waals surface area contributed by atoms with Gasteiger partial charge < -0.3 is 16.0 Å². The second-order valence-electron chi connectivity index (χ2n) is 5.25. The highest BCUT2D eigenvalue weighted by molar-refractivity contribution is 5.81. The van der Waals surface area contributed by atoms with Crippen LogP contribution in [0.4, 0.5) is 0 Å². The number of rotatable bonds is 7. The van der Waals surface area contributed by atoms with Gasteiger partial charge in [0.25, 0.3) is 0 Å². The largest absolute Gasteiger partial charge is 0.354 e. The fraction of sp³-hybridized carbons (Fsp3) is 0.750. The van der Waals surface area contributed by atoms with Gasteiger partial charge in [-0.05, 0) is 25.9 Å². The summed E-state index contributed by atoms with van der Waals surface area (Å²) in [5.41, 5.74) is 5.71. The third kappa shape index (κ3) is 6.58. The molecule has 16 heavy (non-hydrogen) atoms. The van der Waals surface area contributed by atoms with E-state index in [4.69, 9.17) is 5.73 Å². The van der Waals surface area contributed by atoms with Crippen molar-refractivity contribution in [1.82, 2.24) is 10.2 Å². The normalized spacial score (nSPS) is 13.6. The maximum Gasteiger partial charge on any atom is 0.237 e. The average molecular weight is 227 g/mol. The van der Waals surface area contributed by atoms with E-state index in [1.54, 1.807) is 6.08 Å². The number of nitrogens with one attached hydrogen (secondary N) is 1. The molecule has 0 rings (SSSR count). The number of carbonyl (C=O) groups excluding carboxylic acids is 1. The number of nitrogens with zero attached hydrogens (tertiary/aromatic N) is 1. The molecule has 0 aromatic heterocycles. The maximum absolute atomic E-state index is 11.6. The first-order valence-corrected chi connectivity index (χ1v) is 5.57. The van der Waals surface area contributed by atoms with E-state index in [9.17, 15) is 4.79 Å². The van der Waals surface area contributed by atoms with E-state index in [0.717, 1.165) is 6.54 Å². The van der Waals surface area contributed by atoms with E-state index in [0.29, 0.717) is 13.0 Å². The molecule has 0 saturated heterocycles. The quantitative estimate of drug-likeness (QED) is 0.626. The van der Waals surface area contributed by atoms with E-state index >= 15 is 0 Å². The summed E-state index contributed by atoms with van der Waals surface area (Å²) >= 11 is 0. The van der Waals surface area contributed by atoms with Gasteiger partial charge in [-0.2, -0.15) is 0 Å². The highest BCUT2D eigenvalue weighted by Gasteiger charge is 2.21. The minimum Gasteiger partial charge on any atom is -0.354 e. The summed E-state index contributed by atoms with van der Waals surface area (Å²) in [4.78, 5) is 13.7. The number of hydrogen-bond donors (Lipinski definition) is 2. The smallest absolute Gasteiger partial charge is 0.237 e. The van der Waals surface area contributed by atoms with E-state index in [-0.39, 0.29) is 11.3 Å². The van der Waals surface area contributed by atoms with Gasteiger partial charge in [0, 0.05) is 13.1 Å². The Bertz CT molecular complexity index is 236. The molecule has 4 nitrogen and oxygen atoms in total. The van der Waals surface area contributed by atoms with Crippen molar-refractivity contribution in [2.45, 2.75) is 26.3 Å². The molecule has 0 radical (unpaired) electrons. The average Bonchev–Trinajstić information content (AvgIpc) is 2.12. The molecule has 0 bridgehead atoms. The second kappa shape index (κ2) is 6.66. The Hall–Kier alpha value is -0.870. The summed E-state index contributed by atoms with van der Waals surface area (Å²) in [5.74, 6) is -0.105. The first kappa shape index (κ1) is 15.1. The predicted molar refractivity (Wildman–Crippen MR) is 68.1 cm³/mol. The molecule has 94 valence electrons. The molecule has 0 saturated carbocycles. The van der Waals surface area contributed by atoms with Gasteiger partial charge >= 0.3 is 0 Å². The van der Waals surface area contributed by atoms with Crippen molar-refractivity contribution < 1.29 is 4.79 Å². The van der Waals surface area contributed by atoms with Crippen LogP contribution in [0.3, 0.4) is 0 Å². The molecule has 0 heterocycles. The monoisotopic (exact) mass is 227 g/mol. The van der Waals surface area contributed by atoms with Crippen molar-refractivity contribution in [1.29, 1.82) is 0 Å². The van der Waals surface area contributed by atoms with Crippen LogP contribution in [0.2, 0.25) is 0 Å². The second-order valence-corrected chi connectivity index (χ2v) is 5.25. The number of amides is 1. The molecule has 1 atom stereocenters. The minimum atomic E-state index is -0.479. The van der Waals surface area contributed by atoms with Crippen LogP contribution < -0.4 is 11.1 Å². The Kier molecular flexibility index (Phi) is 6.29. The lowest BCUT2D eigenvalue weighted by molar-refractivity contribution is -0.122. The van der Waals surface area contributed by atoms with Crippen molar-refractivity contribution in [3.63, 3.8) is 0 Å². The predicted octanol–water partition coefficient (Wildman–Crippen LogP) is 0.594. The lowest BCUT2D eigenvalue weighted by Gasteiger charge is -2.28. The van der Waals surface area contributed by atoms with Crippen molar-refractivity contribution in [3.8, 4) is 0 Å². The molecule has 1 amide bonds. The number of hydrogen-bond acceptors (Lipinski definition) is 3. The van der Waals surface area contributed by atoms with Gasteiger partial charge in [-0.1, -0.05) is 19.9 Å². The summed E-state index contributed by atoms with van der Waals surface area (Å²) in [5, 5.41) is 2.87. The van der Waals surface area contributed by atoms with Crippen LogP contribution in [-0.2, 0) is 4.79 Å². The van der Waals surface area contributed by atoms with E-state index < -0.39 is 6.04 Å². The minimum absolute atomic E-state index is 0.0487. The molecule has 0 aromatic carbocycles. The lowest BCUT2D eigenvalue weighted by Crippen LogP contribution is -2.46. The summed E-state index contributed by atoms with van der Waals surface area (Å²) in [6.07, 6.45) is 2.18. The van der Waals surface area contributed by atoms with Gasteiger partial charge in [0.05, 0.1) is 6.04 Å². The van der Waals surface area contributed by atoms with Crippen molar-refractivity contribution in [2.75, 3.05) is 27.2 Å². The van der Waals surface area contributed by atoms with Crippen LogP contribution in [-0.4, -0.2) is 44.0 Å². The summed E-state index contributed by atoms with van der Waals surface area (Å²) in [6, 6.07) is -0.479. The molecular formula is C12H25N3O. The van der Waals surface area contributed by atoms with Crippen LogP contribution in [0.5, 0.6) is 0 Å². The van der Waals surface area contributed by atoms with Gasteiger partial charge in [-0.25, -0.2) is 0 Å². The molecule has 0 aliphatic rings. The highest BCUT2D eigenvalue weighted by atomic mass is 16.2. The lowest BCUT2D eigenvalue weighted by atomic mass is 9.93. The molecule has 4 heteroatoms. The third-order valence-corrected chi connectivity index (χ3v) is 2.24. The van der Waals surface area contributed by atoms with Crippen LogP contribution in [0, 0.1) is 5.41 Å². The zero-order valence-electron chi connectivity index (χ0n) is 10.9. The summed E-state index contributed by atoms with van der Waals surface area (Å²) < 4.78 is 0. The standard InChI is InChI=1S/C12H25N3O/c1-6-7-10(13)11(16)14-8-12(2,3)9-15(4)5/h6,10H,1,7-9,13H2,2-5H3,(H,14,16). The van der Waals surface area contributed by atoms with E-state index in [2.05, 4.69) is 30.6 Å². The molecule has 1 unspecified atom stereocenters. The molecule has 3 N–H and O–H groups in total. The van der Waals surface area contributed by atoms with Crippen molar-refractivity contribution >= 4 is 5.91 Å². The first-order valence-electron chi connectivity index (χ1n) is 5.57. The highest BCUT2D eigenvalue weighted by Crippen LogP contribution is 2.14. The van der Waals surface area contributed by atoms with Gasteiger partial charge in [0.2, 0.25) is 5.91 Å². The van der Waals surface area contributed by atoms with Crippen LogP contribution in [0.25, 0.3) is 0 Å². The van der Waals surface area contributed by atoms with Gasteiger partial charge in [0.1, 0.15) is 0 Å². The zero-order chi connectivity index (χ0) is 12.8. The molecule has 0 aromatic rings. The van der Waals surface area contributed by atoms with E-state index in [1.165, 1.54) is 0 Å². The third-order valence-electron chi connectivity index (χ3n) is 2.24. The number of carbonyl (C=O) groups is 1. The van der Waals surface area contributed by atoms with Crippen LogP contribution >= 0.6 is 0 Å². The molecule has 0 aliphatic heterocycles. The first-order chi connectivity index (χ1) is 7.28. The number of nitrogens with two attached hydrogens (primary N) is 1. The molecule has 0 fully saturated rings. The molecule has 0 aliphatic carbocycles. The summed E-state index contributed by atoms with van der Waals surface area (Å²) in [6.45, 7) is 9.35. The van der Waals surface area contributed by atoms with Crippen molar-refractivity contribution in [2.24, 2.45) is 11.1 Å². The van der Waals surface area contributed by atoms with Gasteiger partial charge in [0.15, 0.2) is 0 Å². The van der Waals surface area contributed by atoms with E-state index in [1.807, 2.05) is 14.1 Å². The van der Waals surface area contributed by atoms with Crippen LogP contribution in [0.15, 0.2) is 12.7 Å². The topological polar surface area (TPSA) is 58.4 Å². The maximum atomic E-state index is 11.6.